The van der Waals surface area contributed by atoms with E-state index in [0.717, 1.165) is 24.3 Å². The van der Waals surface area contributed by atoms with Gasteiger partial charge in [-0.2, -0.15) is 21.6 Å². The summed E-state index contributed by atoms with van der Waals surface area (Å²) in [5.41, 5.74) is -5.74. The summed E-state index contributed by atoms with van der Waals surface area (Å²) in [6.45, 7) is 0. The second-order valence-electron chi connectivity index (χ2n) is 2.79. The van der Waals surface area contributed by atoms with Gasteiger partial charge in [0.05, 0.1) is 0 Å². The molecule has 0 heterocycles. The fourth-order valence-electron chi connectivity index (χ4n) is 0.753. The average molecular weight is 288 g/mol. The Bertz CT molecular complexity index is 534. The summed E-state index contributed by atoms with van der Waals surface area (Å²) in [6.07, 6.45) is -2.10. The number of hydrogen-bond acceptors (Lipinski definition) is 5. The summed E-state index contributed by atoms with van der Waals surface area (Å²) in [6, 6.07) is 3.50. The smallest absolute Gasteiger partial charge is 0.394 e. The number of carbonyl (C=O) groups excluding carboxylic acids is 1. The number of benzene rings is 1. The summed E-state index contributed by atoms with van der Waals surface area (Å²) in [5.74, 6) is -1.06. The molecule has 5 nitrogen and oxygen atoms in total. The molecule has 0 N–H and O–H groups in total. The van der Waals surface area contributed by atoms with Gasteiger partial charge in [0.1, 0.15) is 11.6 Å². The van der Waals surface area contributed by atoms with Gasteiger partial charge in [-0.1, -0.05) is 0 Å². The Hall–Kier alpha value is -1.84. The van der Waals surface area contributed by atoms with Gasteiger partial charge in [-0.3, -0.25) is 0 Å². The zero-order chi connectivity index (χ0) is 14.0. The van der Waals surface area contributed by atoms with Crippen molar-refractivity contribution in [2.75, 3.05) is 0 Å². The van der Waals surface area contributed by atoms with Crippen LogP contribution in [-0.4, -0.2) is 20.1 Å². The zero-order valence-corrected chi connectivity index (χ0v) is 9.09. The summed E-state index contributed by atoms with van der Waals surface area (Å²) in [5, 5.41) is 0. The third-order valence-electron chi connectivity index (χ3n) is 1.48. The number of rotatable bonds is 2. The molecule has 0 amide bonds. The second kappa shape index (κ2) is 4.80. The van der Waals surface area contributed by atoms with Crippen LogP contribution < -0.4 is 4.74 Å². The van der Waals surface area contributed by atoms with E-state index in [1.807, 2.05) is 0 Å². The lowest BCUT2D eigenvalue weighted by atomic mass is 10.3. The van der Waals surface area contributed by atoms with Gasteiger partial charge in [0.15, 0.2) is 0 Å². The highest BCUT2D eigenvalue weighted by molar-refractivity contribution is 7.88. The van der Waals surface area contributed by atoms with Crippen molar-refractivity contribution in [3.8, 4) is 5.75 Å². The number of halogens is 4. The van der Waals surface area contributed by atoms with Gasteiger partial charge in [0, 0.05) is 0 Å². The molecule has 0 saturated carbocycles. The lowest BCUT2D eigenvalue weighted by molar-refractivity contribution is -0.0526. The Kier molecular flexibility index (Phi) is 3.79. The molecule has 1 aromatic rings. The van der Waals surface area contributed by atoms with Crippen molar-refractivity contribution in [3.05, 3.63) is 30.1 Å². The molecule has 0 fully saturated rings. The average Bonchev–Trinajstić information content (AvgIpc) is 2.19. The largest absolute Gasteiger partial charge is 0.534 e. The molecule has 0 aliphatic heterocycles. The predicted octanol–water partition coefficient (Wildman–Crippen LogP) is 2.19. The first kappa shape index (κ1) is 14.2. The van der Waals surface area contributed by atoms with Crippen molar-refractivity contribution < 1.29 is 39.7 Å². The fraction of sp³-hybridized carbons (Fsp3) is 0.125. The number of carbonyl (C=O) groups is 1. The third-order valence-corrected chi connectivity index (χ3v) is 2.40. The normalized spacial score (nSPS) is 12.0. The molecule has 0 saturated heterocycles. The number of ether oxygens (including phenoxy) is 1. The van der Waals surface area contributed by atoms with Crippen LogP contribution in [-0.2, 0) is 14.3 Å². The van der Waals surface area contributed by atoms with E-state index in [-0.39, 0.29) is 5.75 Å². The first-order chi connectivity index (χ1) is 8.12. The molecule has 0 aliphatic carbocycles. The van der Waals surface area contributed by atoms with Crippen LogP contribution in [0.15, 0.2) is 24.3 Å². The van der Waals surface area contributed by atoms with Crippen molar-refractivity contribution in [2.24, 2.45) is 0 Å². The molecular formula is C8H4F4O5S. The summed E-state index contributed by atoms with van der Waals surface area (Å²) in [7, 11) is -6.07. The van der Waals surface area contributed by atoms with Crippen molar-refractivity contribution in [3.63, 3.8) is 0 Å². The van der Waals surface area contributed by atoms with Crippen LogP contribution in [0.25, 0.3) is 0 Å². The van der Waals surface area contributed by atoms with Gasteiger partial charge in [-0.05, 0) is 24.3 Å². The minimum absolute atomic E-state index is 0.376. The maximum Gasteiger partial charge on any atom is 0.534 e. The molecule has 1 aromatic carbocycles. The first-order valence-electron chi connectivity index (χ1n) is 4.10. The first-order valence-corrected chi connectivity index (χ1v) is 5.51. The quantitative estimate of drug-likeness (QED) is 0.274. The van der Waals surface area contributed by atoms with Gasteiger partial charge < -0.3 is 8.92 Å². The molecule has 10 heteroatoms. The molecule has 0 radical (unpaired) electrons. The molecule has 0 atom stereocenters. The van der Waals surface area contributed by atoms with E-state index in [1.165, 1.54) is 0 Å². The van der Waals surface area contributed by atoms with Crippen LogP contribution in [0.2, 0.25) is 0 Å². The molecule has 0 aromatic heterocycles. The summed E-state index contributed by atoms with van der Waals surface area (Å²) < 4.78 is 75.9. The van der Waals surface area contributed by atoms with E-state index < -0.39 is 27.6 Å². The molecule has 18 heavy (non-hydrogen) atoms. The molecule has 0 bridgehead atoms. The molecule has 1 rings (SSSR count). The number of alkyl halides is 3. The fourth-order valence-corrected chi connectivity index (χ4v) is 1.06. The highest BCUT2D eigenvalue weighted by Crippen LogP contribution is 2.25. The van der Waals surface area contributed by atoms with Crippen molar-refractivity contribution in [1.82, 2.24) is 0 Å². The topological polar surface area (TPSA) is 69.7 Å². The van der Waals surface area contributed by atoms with Gasteiger partial charge in [-0.15, -0.1) is 0 Å². The Morgan fingerprint density at radius 3 is 2.06 bits per heavy atom. The van der Waals surface area contributed by atoms with Gasteiger partial charge >= 0.3 is 21.8 Å². The van der Waals surface area contributed by atoms with Gasteiger partial charge in [-0.25, -0.2) is 9.18 Å². The van der Waals surface area contributed by atoms with Crippen LogP contribution in [0.1, 0.15) is 0 Å². The molecule has 100 valence electrons. The van der Waals surface area contributed by atoms with E-state index in [4.69, 9.17) is 0 Å². The second-order valence-corrected chi connectivity index (χ2v) is 4.33. The predicted molar refractivity (Wildman–Crippen MR) is 48.5 cm³/mol. The highest BCUT2D eigenvalue weighted by Gasteiger charge is 2.50. The van der Waals surface area contributed by atoms with Crippen LogP contribution >= 0.6 is 0 Å². The lowest BCUT2D eigenvalue weighted by Gasteiger charge is -2.08. The van der Waals surface area contributed by atoms with E-state index in [1.54, 1.807) is 0 Å². The van der Waals surface area contributed by atoms with Crippen molar-refractivity contribution in [2.45, 2.75) is 5.51 Å². The third kappa shape index (κ3) is 3.58. The van der Waals surface area contributed by atoms with E-state index in [0.29, 0.717) is 0 Å². The van der Waals surface area contributed by atoms with E-state index in [9.17, 15) is 30.8 Å². The van der Waals surface area contributed by atoms with Crippen LogP contribution in [0, 0.1) is 5.82 Å². The standard InChI is InChI=1S/C8H4F4O5S/c9-5-1-3-6(4-2-5)16-7(13)17-18(14,15)8(10,11)12/h1-4H. The van der Waals surface area contributed by atoms with Crippen LogP contribution in [0.4, 0.5) is 22.4 Å². The molecule has 0 aliphatic rings. The number of hydrogen-bond donors (Lipinski definition) is 0. The Balaban J connectivity index is 2.71. The van der Waals surface area contributed by atoms with Crippen molar-refractivity contribution in [1.29, 1.82) is 0 Å². The summed E-state index contributed by atoms with van der Waals surface area (Å²) in [4.78, 5) is 10.7. The molecule has 0 spiro atoms. The molecular weight excluding hydrogens is 284 g/mol. The maximum absolute atomic E-state index is 12.4. The van der Waals surface area contributed by atoms with E-state index >= 15 is 0 Å². The maximum atomic E-state index is 12.4. The Morgan fingerprint density at radius 1 is 1.11 bits per heavy atom. The minimum Gasteiger partial charge on any atom is -0.394 e. The lowest BCUT2D eigenvalue weighted by Crippen LogP contribution is -2.29. The van der Waals surface area contributed by atoms with E-state index in [2.05, 4.69) is 8.92 Å². The minimum atomic E-state index is -6.07. The van der Waals surface area contributed by atoms with Crippen molar-refractivity contribution >= 4 is 16.3 Å². The Labute approximate surface area is 98.0 Å². The monoisotopic (exact) mass is 288 g/mol. The molecule has 0 unspecified atom stereocenters. The Morgan fingerprint density at radius 2 is 1.61 bits per heavy atom. The zero-order valence-electron chi connectivity index (χ0n) is 8.27. The summed E-state index contributed by atoms with van der Waals surface area (Å²) >= 11 is 0. The van der Waals surface area contributed by atoms with Crippen LogP contribution in [0.3, 0.4) is 0 Å². The highest BCUT2D eigenvalue weighted by atomic mass is 32.2. The van der Waals surface area contributed by atoms with Gasteiger partial charge in [0.2, 0.25) is 0 Å². The van der Waals surface area contributed by atoms with Gasteiger partial charge in [0.25, 0.3) is 0 Å². The SMILES string of the molecule is O=C(Oc1ccc(F)cc1)OS(=O)(=O)C(F)(F)F. The van der Waals surface area contributed by atoms with Crippen LogP contribution in [0.5, 0.6) is 5.75 Å².